The van der Waals surface area contributed by atoms with Crippen molar-refractivity contribution in [2.45, 2.75) is 37.8 Å². The second kappa shape index (κ2) is 10.6. The van der Waals surface area contributed by atoms with Crippen molar-refractivity contribution in [1.29, 1.82) is 0 Å². The normalized spacial score (nSPS) is 18.5. The topological polar surface area (TPSA) is 80.0 Å². The van der Waals surface area contributed by atoms with Gasteiger partial charge in [0.05, 0.1) is 6.04 Å². The van der Waals surface area contributed by atoms with Gasteiger partial charge in [-0.2, -0.15) is 0 Å². The van der Waals surface area contributed by atoms with E-state index in [2.05, 4.69) is 22.3 Å². The van der Waals surface area contributed by atoms with E-state index in [0.717, 1.165) is 49.5 Å². The molecule has 2 aliphatic rings. The highest BCUT2D eigenvalue weighted by Crippen LogP contribution is 2.33. The molecule has 0 unspecified atom stereocenters. The van der Waals surface area contributed by atoms with Gasteiger partial charge in [-0.25, -0.2) is 0 Å². The third-order valence-corrected chi connectivity index (χ3v) is 5.97. The fraction of sp³-hybridized carbons (Fsp3) is 0.440. The molecule has 1 fully saturated rings. The van der Waals surface area contributed by atoms with Crippen molar-refractivity contribution in [3.63, 3.8) is 0 Å². The number of hydrogen-bond acceptors (Lipinski definition) is 6. The van der Waals surface area contributed by atoms with Crippen molar-refractivity contribution < 1.29 is 14.6 Å². The Morgan fingerprint density at radius 2 is 1.81 bits per heavy atom. The summed E-state index contributed by atoms with van der Waals surface area (Å²) in [5.74, 6) is 1.43. The molecule has 166 valence electrons. The summed E-state index contributed by atoms with van der Waals surface area (Å²) in [6, 6.07) is 15.9. The first-order valence-corrected chi connectivity index (χ1v) is 11.2. The highest BCUT2D eigenvalue weighted by molar-refractivity contribution is 5.44. The minimum atomic E-state index is -0.686. The fourth-order valence-electron chi connectivity index (χ4n) is 4.18. The number of hydrogen-bond donors (Lipinski definition) is 3. The van der Waals surface area contributed by atoms with Gasteiger partial charge in [0.15, 0.2) is 11.5 Å². The lowest BCUT2D eigenvalue weighted by molar-refractivity contribution is 0.112. The minimum absolute atomic E-state index is 0.170. The van der Waals surface area contributed by atoms with Crippen molar-refractivity contribution >= 4 is 0 Å². The molecule has 2 aromatic rings. The van der Waals surface area contributed by atoms with Crippen LogP contribution in [0, 0.1) is 0 Å². The lowest BCUT2D eigenvalue weighted by Crippen LogP contribution is -2.42. The van der Waals surface area contributed by atoms with Crippen LogP contribution in [-0.4, -0.2) is 48.9 Å². The third kappa shape index (κ3) is 5.93. The molecule has 2 aliphatic heterocycles. The average molecular weight is 424 g/mol. The number of aliphatic hydroxyl groups excluding tert-OH is 1. The quantitative estimate of drug-likeness (QED) is 0.575. The molecule has 0 spiro atoms. The summed E-state index contributed by atoms with van der Waals surface area (Å²) in [5, 5.41) is 14.6. The van der Waals surface area contributed by atoms with Crippen LogP contribution < -0.4 is 20.5 Å². The minimum Gasteiger partial charge on any atom is -0.486 e. The predicted molar refractivity (Wildman–Crippen MR) is 122 cm³/mol. The van der Waals surface area contributed by atoms with Crippen molar-refractivity contribution in [3.8, 4) is 11.5 Å². The molecule has 0 bridgehead atoms. The number of aryl methyl sites for hydroxylation is 1. The summed E-state index contributed by atoms with van der Waals surface area (Å²) in [4.78, 5) is 2.40. The Morgan fingerprint density at radius 3 is 2.58 bits per heavy atom. The number of aliphatic hydroxyl groups is 1. The first kappa shape index (κ1) is 21.5. The first-order chi connectivity index (χ1) is 15.2. The van der Waals surface area contributed by atoms with E-state index >= 15 is 0 Å². The largest absolute Gasteiger partial charge is 0.486 e. The van der Waals surface area contributed by atoms with Crippen LogP contribution in [0.4, 0.5) is 0 Å². The van der Waals surface area contributed by atoms with Gasteiger partial charge in [-0.15, -0.1) is 0 Å². The van der Waals surface area contributed by atoms with Gasteiger partial charge >= 0.3 is 0 Å². The highest BCUT2D eigenvalue weighted by Gasteiger charge is 2.26. The number of nitrogens with zero attached hydrogens (tertiary/aromatic N) is 1. The van der Waals surface area contributed by atoms with E-state index in [9.17, 15) is 5.11 Å². The van der Waals surface area contributed by atoms with Crippen molar-refractivity contribution in [2.75, 3.05) is 32.8 Å². The van der Waals surface area contributed by atoms with Crippen LogP contribution in [0.15, 0.2) is 60.4 Å². The molecule has 0 radical (unpaired) electrons. The maximum absolute atomic E-state index is 11.2. The lowest BCUT2D eigenvalue weighted by Gasteiger charge is -2.29. The Morgan fingerprint density at radius 1 is 1.06 bits per heavy atom. The van der Waals surface area contributed by atoms with E-state index < -0.39 is 6.10 Å². The van der Waals surface area contributed by atoms with E-state index in [1.165, 1.54) is 18.4 Å². The summed E-state index contributed by atoms with van der Waals surface area (Å²) >= 11 is 0. The molecule has 2 aromatic carbocycles. The zero-order valence-corrected chi connectivity index (χ0v) is 18.0. The van der Waals surface area contributed by atoms with E-state index in [1.807, 2.05) is 42.6 Å². The van der Waals surface area contributed by atoms with Crippen LogP contribution >= 0.6 is 0 Å². The molecule has 0 aromatic heterocycles. The monoisotopic (exact) mass is 423 g/mol. The van der Waals surface area contributed by atoms with Crippen LogP contribution in [-0.2, 0) is 6.42 Å². The summed E-state index contributed by atoms with van der Waals surface area (Å²) in [6.07, 6.45) is 5.27. The number of nitrogens with one attached hydrogen (secondary N) is 1. The molecular weight excluding hydrogens is 390 g/mol. The van der Waals surface area contributed by atoms with Crippen LogP contribution in [0.3, 0.4) is 0 Å². The van der Waals surface area contributed by atoms with Crippen molar-refractivity contribution in [1.82, 2.24) is 10.2 Å². The number of ether oxygens (including phenoxy) is 2. The van der Waals surface area contributed by atoms with Crippen LogP contribution in [0.1, 0.15) is 36.5 Å². The molecule has 6 nitrogen and oxygen atoms in total. The molecule has 4 N–H and O–H groups in total. The van der Waals surface area contributed by atoms with Gasteiger partial charge in [-0.05, 0) is 62.0 Å². The van der Waals surface area contributed by atoms with Crippen LogP contribution in [0.5, 0.6) is 11.5 Å². The second-order valence-corrected chi connectivity index (χ2v) is 8.33. The number of allylic oxidation sites excluding steroid dienone is 1. The standard InChI is InChI=1S/C25H33N3O3/c26-21(10-8-19-6-2-1-3-7-19)17-27-22(18-28-12-4-5-13-28)25(29)20-9-11-23-24(16-20)31-15-14-30-23/h1-3,6-7,9,11,16-17,22,25,27,29H,4-5,8,10,12-15,18,26H2/b21-17-/t22-,25-/m1/s1. The number of likely N-dealkylation sites (tertiary alicyclic amines) is 1. The number of nitrogens with two attached hydrogens (primary N) is 1. The maximum atomic E-state index is 11.2. The van der Waals surface area contributed by atoms with Crippen LogP contribution in [0.25, 0.3) is 0 Å². The number of rotatable bonds is 9. The number of fused-ring (bicyclic) bond motifs is 1. The average Bonchev–Trinajstić information content (AvgIpc) is 3.33. The predicted octanol–water partition coefficient (Wildman–Crippen LogP) is 2.98. The van der Waals surface area contributed by atoms with Crippen LogP contribution in [0.2, 0.25) is 0 Å². The molecule has 4 rings (SSSR count). The zero-order chi connectivity index (χ0) is 21.5. The Kier molecular flexibility index (Phi) is 7.33. The second-order valence-electron chi connectivity index (χ2n) is 8.33. The van der Waals surface area contributed by atoms with E-state index in [4.69, 9.17) is 15.2 Å². The molecule has 6 heteroatoms. The molecule has 0 aliphatic carbocycles. The third-order valence-electron chi connectivity index (χ3n) is 5.97. The maximum Gasteiger partial charge on any atom is 0.161 e. The zero-order valence-electron chi connectivity index (χ0n) is 18.0. The summed E-state index contributed by atoms with van der Waals surface area (Å²) in [6.45, 7) is 3.99. The first-order valence-electron chi connectivity index (χ1n) is 11.2. The van der Waals surface area contributed by atoms with Gasteiger partial charge in [-0.1, -0.05) is 36.4 Å². The Labute approximate surface area is 184 Å². The van der Waals surface area contributed by atoms with E-state index in [1.54, 1.807) is 0 Å². The SMILES string of the molecule is N/C(=C\N[C@H](CN1CCCC1)[C@H](O)c1ccc2c(c1)OCCO2)CCc1ccccc1. The highest BCUT2D eigenvalue weighted by atomic mass is 16.6. The molecular formula is C25H33N3O3. The molecule has 0 saturated carbocycles. The molecule has 0 amide bonds. The smallest absolute Gasteiger partial charge is 0.161 e. The Balaban J connectivity index is 1.43. The van der Waals surface area contributed by atoms with Gasteiger partial charge in [-0.3, -0.25) is 0 Å². The molecule has 2 heterocycles. The fourth-order valence-corrected chi connectivity index (χ4v) is 4.18. The summed E-state index contributed by atoms with van der Waals surface area (Å²) in [7, 11) is 0. The molecule has 1 saturated heterocycles. The lowest BCUT2D eigenvalue weighted by atomic mass is 10.0. The van der Waals surface area contributed by atoms with E-state index in [-0.39, 0.29) is 6.04 Å². The molecule has 2 atom stereocenters. The van der Waals surface area contributed by atoms with Crippen molar-refractivity contribution in [3.05, 3.63) is 71.6 Å². The van der Waals surface area contributed by atoms with Gasteiger partial charge in [0, 0.05) is 18.4 Å². The van der Waals surface area contributed by atoms with Gasteiger partial charge in [0.25, 0.3) is 0 Å². The van der Waals surface area contributed by atoms with Gasteiger partial charge < -0.3 is 30.5 Å². The van der Waals surface area contributed by atoms with Gasteiger partial charge in [0.1, 0.15) is 19.3 Å². The summed E-state index contributed by atoms with van der Waals surface area (Å²) in [5.41, 5.74) is 9.14. The molecule has 31 heavy (non-hydrogen) atoms. The van der Waals surface area contributed by atoms with Gasteiger partial charge in [0.2, 0.25) is 0 Å². The number of benzene rings is 2. The Hall–Kier alpha value is -2.70. The van der Waals surface area contributed by atoms with Crippen molar-refractivity contribution in [2.24, 2.45) is 5.73 Å². The van der Waals surface area contributed by atoms with E-state index in [0.29, 0.717) is 19.0 Å². The Bertz CT molecular complexity index is 866. The summed E-state index contributed by atoms with van der Waals surface area (Å²) < 4.78 is 11.3.